The minimum Gasteiger partial charge on any atom is -0.508 e. The lowest BCUT2D eigenvalue weighted by molar-refractivity contribution is 0.0935. The van der Waals surface area contributed by atoms with Crippen LogP contribution in [0.25, 0.3) is 0 Å². The molecule has 1 aromatic heterocycles. The molecule has 0 fully saturated rings. The van der Waals surface area contributed by atoms with E-state index in [1.165, 1.54) is 16.9 Å². The minimum absolute atomic E-state index is 0.0411. The maximum Gasteiger partial charge on any atom is 0.256 e. The Kier molecular flexibility index (Phi) is 4.04. The Hall–Kier alpha value is -1.53. The molecule has 3 N–H and O–H groups in total. The molecule has 1 amide bonds. The first-order chi connectivity index (χ1) is 11.6. The molecule has 4 rings (SSSR count). The van der Waals surface area contributed by atoms with Crippen molar-refractivity contribution in [2.45, 2.75) is 38.8 Å². The summed E-state index contributed by atoms with van der Waals surface area (Å²) in [4.78, 5) is 14.1. The molecule has 1 aliphatic carbocycles. The van der Waals surface area contributed by atoms with Crippen molar-refractivity contribution < 1.29 is 9.90 Å². The summed E-state index contributed by atoms with van der Waals surface area (Å²) in [6, 6.07) is 5.25. The largest absolute Gasteiger partial charge is 0.508 e. The maximum absolute atomic E-state index is 12.7. The van der Waals surface area contributed by atoms with Crippen molar-refractivity contribution in [2.75, 3.05) is 5.32 Å². The van der Waals surface area contributed by atoms with E-state index in [1.54, 1.807) is 23.5 Å². The van der Waals surface area contributed by atoms with E-state index in [-0.39, 0.29) is 11.7 Å². The first kappa shape index (κ1) is 16.0. The number of halogens is 1. The maximum atomic E-state index is 12.7. The van der Waals surface area contributed by atoms with Gasteiger partial charge in [-0.3, -0.25) is 4.79 Å². The zero-order chi connectivity index (χ0) is 16.8. The third kappa shape index (κ3) is 2.62. The van der Waals surface area contributed by atoms with Crippen molar-refractivity contribution in [1.82, 2.24) is 5.32 Å². The van der Waals surface area contributed by atoms with Crippen LogP contribution in [0.3, 0.4) is 0 Å². The predicted molar refractivity (Wildman–Crippen MR) is 99.8 cm³/mol. The third-order valence-corrected chi connectivity index (χ3v) is 6.70. The number of fused-ring (bicyclic) bond motifs is 3. The van der Waals surface area contributed by atoms with Gasteiger partial charge in [0.1, 0.15) is 16.9 Å². The van der Waals surface area contributed by atoms with E-state index in [9.17, 15) is 9.90 Å². The third-order valence-electron chi connectivity index (χ3n) is 5.02. The number of anilines is 1. The highest BCUT2D eigenvalue weighted by molar-refractivity contribution is 9.10. The van der Waals surface area contributed by atoms with Crippen molar-refractivity contribution in [1.29, 1.82) is 0 Å². The van der Waals surface area contributed by atoms with Crippen LogP contribution in [0, 0.1) is 5.92 Å². The number of benzene rings is 1. The molecule has 2 heterocycles. The Morgan fingerprint density at radius 3 is 3.00 bits per heavy atom. The SMILES string of the molecule is CCC1CCc2c(sc3c2C(=O)NC(c2cc(Br)ccc2O)N3)C1. The molecule has 0 saturated heterocycles. The Balaban J connectivity index is 1.70. The van der Waals surface area contributed by atoms with Crippen LogP contribution in [0.1, 0.15) is 52.3 Å². The zero-order valence-corrected chi connectivity index (χ0v) is 15.8. The van der Waals surface area contributed by atoms with Gasteiger partial charge in [0.2, 0.25) is 0 Å². The molecule has 0 bridgehead atoms. The van der Waals surface area contributed by atoms with Crippen LogP contribution < -0.4 is 10.6 Å². The number of phenols is 1. The van der Waals surface area contributed by atoms with Gasteiger partial charge in [-0.1, -0.05) is 29.3 Å². The molecule has 2 unspecified atom stereocenters. The van der Waals surface area contributed by atoms with Crippen molar-refractivity contribution >= 4 is 38.2 Å². The second-order valence-corrected chi connectivity index (χ2v) is 8.50. The summed E-state index contributed by atoms with van der Waals surface area (Å²) in [7, 11) is 0. The van der Waals surface area contributed by atoms with E-state index in [0.717, 1.165) is 40.2 Å². The first-order valence-corrected chi connectivity index (χ1v) is 9.88. The Morgan fingerprint density at radius 2 is 2.21 bits per heavy atom. The van der Waals surface area contributed by atoms with E-state index in [4.69, 9.17) is 0 Å². The summed E-state index contributed by atoms with van der Waals surface area (Å²) < 4.78 is 0.869. The molecule has 2 aromatic rings. The first-order valence-electron chi connectivity index (χ1n) is 8.27. The lowest BCUT2D eigenvalue weighted by Gasteiger charge is -2.27. The minimum atomic E-state index is -0.412. The van der Waals surface area contributed by atoms with E-state index in [2.05, 4.69) is 33.5 Å². The molecule has 1 aromatic carbocycles. The summed E-state index contributed by atoms with van der Waals surface area (Å²) in [5.74, 6) is 0.859. The molecule has 1 aliphatic heterocycles. The second-order valence-electron chi connectivity index (χ2n) is 6.48. The van der Waals surface area contributed by atoms with Gasteiger partial charge in [0.25, 0.3) is 5.91 Å². The fourth-order valence-electron chi connectivity index (χ4n) is 3.63. The molecule has 2 aliphatic rings. The van der Waals surface area contributed by atoms with Crippen LogP contribution in [0.4, 0.5) is 5.00 Å². The number of carbonyl (C=O) groups excluding carboxylic acids is 1. The van der Waals surface area contributed by atoms with Gasteiger partial charge in [-0.15, -0.1) is 11.3 Å². The average molecular weight is 407 g/mol. The molecular weight excluding hydrogens is 388 g/mol. The molecule has 4 nitrogen and oxygen atoms in total. The summed E-state index contributed by atoms with van der Waals surface area (Å²) in [6.45, 7) is 2.24. The normalized spacial score (nSPS) is 22.3. The van der Waals surface area contributed by atoms with Crippen molar-refractivity contribution in [3.8, 4) is 5.75 Å². The fraction of sp³-hybridized carbons (Fsp3) is 0.389. The summed E-state index contributed by atoms with van der Waals surface area (Å²) >= 11 is 5.13. The van der Waals surface area contributed by atoms with Crippen LogP contribution in [-0.4, -0.2) is 11.0 Å². The van der Waals surface area contributed by atoms with Gasteiger partial charge >= 0.3 is 0 Å². The van der Waals surface area contributed by atoms with Crippen LogP contribution in [0.5, 0.6) is 5.75 Å². The number of aromatic hydroxyl groups is 1. The Labute approximate surface area is 153 Å². The number of thiophene rings is 1. The van der Waals surface area contributed by atoms with E-state index in [0.29, 0.717) is 5.56 Å². The highest BCUT2D eigenvalue weighted by Crippen LogP contribution is 2.43. The van der Waals surface area contributed by atoms with Crippen molar-refractivity contribution in [2.24, 2.45) is 5.92 Å². The molecule has 0 radical (unpaired) electrons. The number of amides is 1. The number of rotatable bonds is 2. The number of phenolic OH excluding ortho intramolecular Hbond substituents is 1. The number of carbonyl (C=O) groups is 1. The van der Waals surface area contributed by atoms with Gasteiger partial charge in [-0.2, -0.15) is 0 Å². The summed E-state index contributed by atoms with van der Waals surface area (Å²) in [5, 5.41) is 17.5. The summed E-state index contributed by atoms with van der Waals surface area (Å²) in [6.07, 6.45) is 4.00. The number of nitrogens with one attached hydrogen (secondary N) is 2. The van der Waals surface area contributed by atoms with E-state index in [1.807, 2.05) is 6.07 Å². The number of hydrogen-bond acceptors (Lipinski definition) is 4. The van der Waals surface area contributed by atoms with Gasteiger partial charge in [-0.25, -0.2) is 0 Å². The molecular formula is C18H19BrN2O2S. The van der Waals surface area contributed by atoms with Crippen LogP contribution >= 0.6 is 27.3 Å². The monoisotopic (exact) mass is 406 g/mol. The van der Waals surface area contributed by atoms with Crippen LogP contribution in [-0.2, 0) is 12.8 Å². The Bertz CT molecular complexity index is 818. The van der Waals surface area contributed by atoms with Crippen molar-refractivity contribution in [3.63, 3.8) is 0 Å². The highest BCUT2D eigenvalue weighted by atomic mass is 79.9. The van der Waals surface area contributed by atoms with Crippen molar-refractivity contribution in [3.05, 3.63) is 44.2 Å². The quantitative estimate of drug-likeness (QED) is 0.683. The molecule has 24 heavy (non-hydrogen) atoms. The molecule has 2 atom stereocenters. The highest BCUT2D eigenvalue weighted by Gasteiger charge is 2.34. The lowest BCUT2D eigenvalue weighted by atomic mass is 9.85. The molecule has 0 spiro atoms. The predicted octanol–water partition coefficient (Wildman–Crippen LogP) is 4.59. The fourth-order valence-corrected chi connectivity index (χ4v) is 5.39. The molecule has 126 valence electrons. The van der Waals surface area contributed by atoms with E-state index >= 15 is 0 Å². The standard InChI is InChI=1S/C18H19BrN2O2S/c1-2-9-3-5-11-14(7-9)24-18-15(11)17(23)20-16(21-18)12-8-10(19)4-6-13(12)22/h4,6,8-9,16,21-22H,2-3,5,7H2,1H3,(H,20,23). The van der Waals surface area contributed by atoms with Crippen LogP contribution in [0.15, 0.2) is 22.7 Å². The average Bonchev–Trinajstić information content (AvgIpc) is 2.94. The zero-order valence-electron chi connectivity index (χ0n) is 13.4. The second kappa shape index (κ2) is 6.08. The topological polar surface area (TPSA) is 61.4 Å². The lowest BCUT2D eigenvalue weighted by Crippen LogP contribution is -2.38. The van der Waals surface area contributed by atoms with Gasteiger partial charge in [0.05, 0.1) is 5.56 Å². The Morgan fingerprint density at radius 1 is 1.38 bits per heavy atom. The van der Waals surface area contributed by atoms with Crippen LogP contribution in [0.2, 0.25) is 0 Å². The van der Waals surface area contributed by atoms with Gasteiger partial charge in [0.15, 0.2) is 0 Å². The summed E-state index contributed by atoms with van der Waals surface area (Å²) in [5.41, 5.74) is 2.71. The molecule has 6 heteroatoms. The van der Waals surface area contributed by atoms with E-state index < -0.39 is 6.17 Å². The van der Waals surface area contributed by atoms with Gasteiger partial charge in [0, 0.05) is 14.9 Å². The molecule has 0 saturated carbocycles. The number of hydrogen-bond donors (Lipinski definition) is 3. The van der Waals surface area contributed by atoms with Gasteiger partial charge in [-0.05, 0) is 48.9 Å². The van der Waals surface area contributed by atoms with Gasteiger partial charge < -0.3 is 15.7 Å². The smallest absolute Gasteiger partial charge is 0.256 e.